The van der Waals surface area contributed by atoms with Gasteiger partial charge in [0.1, 0.15) is 5.75 Å². The first-order chi connectivity index (χ1) is 19.2. The zero-order valence-electron chi connectivity index (χ0n) is 22.1. The van der Waals surface area contributed by atoms with Crippen molar-refractivity contribution >= 4 is 33.4 Å². The second-order valence-electron chi connectivity index (χ2n) is 9.74. The average Bonchev–Trinajstić information content (AvgIpc) is 2.94. The Bertz CT molecular complexity index is 1640. The summed E-state index contributed by atoms with van der Waals surface area (Å²) >= 11 is 6.47. The summed E-state index contributed by atoms with van der Waals surface area (Å²) in [6, 6.07) is 20.4. The first kappa shape index (κ1) is 27.8. The number of hydrogen-bond donors (Lipinski definition) is 2. The monoisotopic (exact) mass is 576 g/mol. The van der Waals surface area contributed by atoms with E-state index in [-0.39, 0.29) is 34.2 Å². The molecule has 0 unspecified atom stereocenters. The summed E-state index contributed by atoms with van der Waals surface area (Å²) in [7, 11) is -3.97. The second-order valence-corrected chi connectivity index (χ2v) is 11.8. The molecule has 2 N–H and O–H groups in total. The van der Waals surface area contributed by atoms with Crippen LogP contribution in [0.15, 0.2) is 77.7 Å². The summed E-state index contributed by atoms with van der Waals surface area (Å²) < 4.78 is 34.7. The Balaban J connectivity index is 1.54. The van der Waals surface area contributed by atoms with Crippen LogP contribution in [0.4, 0.5) is 5.95 Å². The van der Waals surface area contributed by atoms with E-state index in [1.54, 1.807) is 42.5 Å². The van der Waals surface area contributed by atoms with Gasteiger partial charge in [-0.15, -0.1) is 0 Å². The molecule has 1 aromatic heterocycles. The lowest BCUT2D eigenvalue weighted by molar-refractivity contribution is 0.0894. The van der Waals surface area contributed by atoms with Gasteiger partial charge < -0.3 is 10.1 Å². The molecule has 8 nitrogen and oxygen atoms in total. The number of ether oxygens (including phenoxy) is 1. The van der Waals surface area contributed by atoms with Gasteiger partial charge in [0, 0.05) is 23.1 Å². The van der Waals surface area contributed by atoms with E-state index in [1.165, 1.54) is 12.1 Å². The number of anilines is 1. The standard InChI is InChI=1S/C30H29ClN4O4S/c1-19-7-6-8-20(2)28(19)25-18-27(34-30(33-25)35-40(37,38)23-9-4-3-5-10-23)39-26-17-22(11-12-24(26)31)29(36)21-13-15-32-16-14-21/h3-12,17-18,21,32H,13-16H2,1-2H3,(H,33,34,35). The van der Waals surface area contributed by atoms with Crippen LogP contribution in [0.5, 0.6) is 11.6 Å². The number of nitrogens with one attached hydrogen (secondary N) is 2. The summed E-state index contributed by atoms with van der Waals surface area (Å²) in [5.41, 5.74) is 3.71. The summed E-state index contributed by atoms with van der Waals surface area (Å²) in [5, 5.41) is 3.56. The Labute approximate surface area is 238 Å². The highest BCUT2D eigenvalue weighted by Gasteiger charge is 2.24. The minimum Gasteiger partial charge on any atom is -0.437 e. The Morgan fingerprint density at radius 1 is 0.950 bits per heavy atom. The van der Waals surface area contributed by atoms with Crippen molar-refractivity contribution < 1.29 is 17.9 Å². The number of piperidine rings is 1. The highest BCUT2D eigenvalue weighted by molar-refractivity contribution is 7.92. The minimum absolute atomic E-state index is 0.0400. The number of carbonyl (C=O) groups excluding carboxylic acids is 1. The predicted octanol–water partition coefficient (Wildman–Crippen LogP) is 6.19. The molecule has 0 aliphatic carbocycles. The summed E-state index contributed by atoms with van der Waals surface area (Å²) in [6.07, 6.45) is 1.54. The molecule has 0 amide bonds. The van der Waals surface area contributed by atoms with Crippen molar-refractivity contribution in [1.82, 2.24) is 15.3 Å². The number of hydrogen-bond acceptors (Lipinski definition) is 7. The van der Waals surface area contributed by atoms with Crippen LogP contribution in [-0.4, -0.2) is 37.3 Å². The van der Waals surface area contributed by atoms with Crippen molar-refractivity contribution in [3.63, 3.8) is 0 Å². The number of carbonyl (C=O) groups is 1. The fourth-order valence-electron chi connectivity index (χ4n) is 4.82. The highest BCUT2D eigenvalue weighted by Crippen LogP contribution is 2.34. The van der Waals surface area contributed by atoms with Crippen LogP contribution < -0.4 is 14.8 Å². The van der Waals surface area contributed by atoms with E-state index in [2.05, 4.69) is 20.0 Å². The van der Waals surface area contributed by atoms with E-state index in [1.807, 2.05) is 32.0 Å². The van der Waals surface area contributed by atoms with E-state index in [9.17, 15) is 13.2 Å². The molecule has 3 aromatic carbocycles. The molecule has 1 aliphatic heterocycles. The Morgan fingerprint density at radius 3 is 2.35 bits per heavy atom. The molecule has 1 fully saturated rings. The van der Waals surface area contributed by atoms with Crippen molar-refractivity contribution in [2.24, 2.45) is 5.92 Å². The van der Waals surface area contributed by atoms with Gasteiger partial charge in [0.05, 0.1) is 15.6 Å². The van der Waals surface area contributed by atoms with Gasteiger partial charge in [-0.05, 0) is 81.2 Å². The molecular weight excluding hydrogens is 548 g/mol. The molecule has 0 saturated carbocycles. The second kappa shape index (κ2) is 11.8. The number of sulfonamides is 1. The third kappa shape index (κ3) is 6.17. The Hall–Kier alpha value is -3.79. The minimum atomic E-state index is -3.97. The molecule has 4 aromatic rings. The number of aryl methyl sites for hydroxylation is 2. The van der Waals surface area contributed by atoms with Crippen LogP contribution in [0, 0.1) is 19.8 Å². The molecule has 10 heteroatoms. The zero-order chi connectivity index (χ0) is 28.3. The van der Waals surface area contributed by atoms with Gasteiger partial charge in [-0.25, -0.2) is 18.1 Å². The molecule has 0 bridgehead atoms. The molecular formula is C30H29ClN4O4S. The highest BCUT2D eigenvalue weighted by atomic mass is 35.5. The summed E-state index contributed by atoms with van der Waals surface area (Å²) in [4.78, 5) is 22.1. The lowest BCUT2D eigenvalue weighted by Gasteiger charge is -2.21. The van der Waals surface area contributed by atoms with Gasteiger partial charge in [-0.2, -0.15) is 4.98 Å². The van der Waals surface area contributed by atoms with Crippen LogP contribution in [-0.2, 0) is 10.0 Å². The van der Waals surface area contributed by atoms with Gasteiger partial charge >= 0.3 is 0 Å². The fourth-order valence-corrected chi connectivity index (χ4v) is 5.94. The smallest absolute Gasteiger partial charge is 0.264 e. The first-order valence-electron chi connectivity index (χ1n) is 13.0. The molecule has 0 radical (unpaired) electrons. The molecule has 1 saturated heterocycles. The third-order valence-electron chi connectivity index (χ3n) is 6.86. The number of rotatable bonds is 8. The molecule has 1 aliphatic rings. The van der Waals surface area contributed by atoms with Crippen molar-refractivity contribution in [1.29, 1.82) is 0 Å². The molecule has 40 heavy (non-hydrogen) atoms. The van der Waals surface area contributed by atoms with Crippen molar-refractivity contribution in [2.75, 3.05) is 17.8 Å². The van der Waals surface area contributed by atoms with Gasteiger partial charge in [-0.1, -0.05) is 48.0 Å². The average molecular weight is 577 g/mol. The predicted molar refractivity (Wildman–Crippen MR) is 156 cm³/mol. The van der Waals surface area contributed by atoms with Crippen LogP contribution in [0.1, 0.15) is 34.3 Å². The van der Waals surface area contributed by atoms with Gasteiger partial charge in [0.2, 0.25) is 11.8 Å². The largest absolute Gasteiger partial charge is 0.437 e. The van der Waals surface area contributed by atoms with Crippen molar-refractivity contribution in [2.45, 2.75) is 31.6 Å². The first-order valence-corrected chi connectivity index (χ1v) is 14.8. The van der Waals surface area contributed by atoms with Crippen molar-refractivity contribution in [3.05, 3.63) is 94.5 Å². The normalized spacial score (nSPS) is 14.1. The van der Waals surface area contributed by atoms with Crippen LogP contribution in [0.25, 0.3) is 11.3 Å². The zero-order valence-corrected chi connectivity index (χ0v) is 23.7. The fraction of sp³-hybridized carbons (Fsp3) is 0.233. The van der Waals surface area contributed by atoms with E-state index in [4.69, 9.17) is 16.3 Å². The van der Waals surface area contributed by atoms with Crippen LogP contribution in [0.2, 0.25) is 5.02 Å². The topological polar surface area (TPSA) is 110 Å². The number of nitrogens with zero attached hydrogens (tertiary/aromatic N) is 2. The molecule has 206 valence electrons. The maximum Gasteiger partial charge on any atom is 0.264 e. The van der Waals surface area contributed by atoms with Crippen LogP contribution >= 0.6 is 11.6 Å². The Kier molecular flexibility index (Phi) is 8.16. The number of ketones is 1. The molecule has 0 spiro atoms. The number of benzene rings is 3. The van der Waals surface area contributed by atoms with Gasteiger partial charge in [0.25, 0.3) is 10.0 Å². The van der Waals surface area contributed by atoms with Crippen molar-refractivity contribution in [3.8, 4) is 22.9 Å². The number of Topliss-reactive ketones (excluding diaryl/α,β-unsaturated/α-hetero) is 1. The SMILES string of the molecule is Cc1cccc(C)c1-c1cc(Oc2cc(C(=O)C3CCNCC3)ccc2Cl)nc(NS(=O)(=O)c2ccccc2)n1. The van der Waals surface area contributed by atoms with Crippen LogP contribution in [0.3, 0.4) is 0 Å². The molecule has 2 heterocycles. The van der Waals surface area contributed by atoms with E-state index < -0.39 is 10.0 Å². The van der Waals surface area contributed by atoms with E-state index in [0.717, 1.165) is 42.6 Å². The van der Waals surface area contributed by atoms with Gasteiger partial charge in [0.15, 0.2) is 5.78 Å². The molecule has 5 rings (SSSR count). The summed E-state index contributed by atoms with van der Waals surface area (Å²) in [5.74, 6) is 0.135. The third-order valence-corrected chi connectivity index (χ3v) is 8.52. The lowest BCUT2D eigenvalue weighted by atomic mass is 9.89. The Morgan fingerprint density at radius 2 is 1.65 bits per heavy atom. The van der Waals surface area contributed by atoms with E-state index in [0.29, 0.717) is 16.3 Å². The van der Waals surface area contributed by atoms with E-state index >= 15 is 0 Å². The number of halogens is 1. The maximum absolute atomic E-state index is 13.1. The summed E-state index contributed by atoms with van der Waals surface area (Å²) in [6.45, 7) is 5.51. The maximum atomic E-state index is 13.1. The van der Waals surface area contributed by atoms with Gasteiger partial charge in [-0.3, -0.25) is 4.79 Å². The molecule has 0 atom stereocenters. The quantitative estimate of drug-likeness (QED) is 0.241. The number of aromatic nitrogens is 2. The lowest BCUT2D eigenvalue weighted by Crippen LogP contribution is -2.31.